The number of nitrogens with one attached hydrogen (secondary N) is 2. The lowest BCUT2D eigenvalue weighted by Gasteiger charge is -2.26. The molecule has 1 aliphatic carbocycles. The number of amides is 1. The van der Waals surface area contributed by atoms with Gasteiger partial charge in [-0.25, -0.2) is 0 Å². The van der Waals surface area contributed by atoms with Crippen LogP contribution in [0.15, 0.2) is 18.2 Å². The molecule has 18 heavy (non-hydrogen) atoms. The van der Waals surface area contributed by atoms with Gasteiger partial charge in [0.05, 0.1) is 0 Å². The summed E-state index contributed by atoms with van der Waals surface area (Å²) < 4.78 is 0. The molecule has 3 heteroatoms. The van der Waals surface area contributed by atoms with Crippen LogP contribution in [0.1, 0.15) is 48.2 Å². The van der Waals surface area contributed by atoms with E-state index in [1.807, 2.05) is 12.1 Å². The maximum absolute atomic E-state index is 12.3. The van der Waals surface area contributed by atoms with Gasteiger partial charge in [-0.05, 0) is 55.9 Å². The van der Waals surface area contributed by atoms with E-state index in [2.05, 4.69) is 30.5 Å². The summed E-state index contributed by atoms with van der Waals surface area (Å²) >= 11 is 0. The Kier molecular flexibility index (Phi) is 2.67. The first-order valence-electron chi connectivity index (χ1n) is 6.71. The highest BCUT2D eigenvalue weighted by atomic mass is 16.1. The van der Waals surface area contributed by atoms with Crippen molar-refractivity contribution in [3.63, 3.8) is 0 Å². The van der Waals surface area contributed by atoms with Crippen LogP contribution in [0.3, 0.4) is 0 Å². The van der Waals surface area contributed by atoms with Crippen molar-refractivity contribution in [2.45, 2.75) is 45.3 Å². The largest absolute Gasteiger partial charge is 0.347 e. The van der Waals surface area contributed by atoms with Gasteiger partial charge in [0.2, 0.25) is 0 Å². The third-order valence-corrected chi connectivity index (χ3v) is 4.13. The second-order valence-electron chi connectivity index (χ2n) is 6.04. The minimum absolute atomic E-state index is 0.0570. The van der Waals surface area contributed by atoms with E-state index in [4.69, 9.17) is 0 Å². The Morgan fingerprint density at radius 1 is 1.28 bits per heavy atom. The highest BCUT2D eigenvalue weighted by Crippen LogP contribution is 2.39. The molecular weight excluding hydrogens is 224 g/mol. The predicted molar refractivity (Wildman–Crippen MR) is 71.3 cm³/mol. The molecule has 1 fully saturated rings. The number of hydrogen-bond acceptors (Lipinski definition) is 2. The fourth-order valence-electron chi connectivity index (χ4n) is 2.71. The lowest BCUT2D eigenvalue weighted by atomic mass is 9.97. The molecule has 0 bridgehead atoms. The number of carbonyl (C=O) groups is 1. The van der Waals surface area contributed by atoms with Gasteiger partial charge >= 0.3 is 0 Å². The molecule has 1 amide bonds. The van der Waals surface area contributed by atoms with Crippen molar-refractivity contribution < 1.29 is 4.79 Å². The van der Waals surface area contributed by atoms with Crippen LogP contribution in [-0.2, 0) is 13.1 Å². The van der Waals surface area contributed by atoms with E-state index in [1.54, 1.807) is 0 Å². The average molecular weight is 244 g/mol. The van der Waals surface area contributed by atoms with Crippen molar-refractivity contribution in [2.75, 3.05) is 0 Å². The van der Waals surface area contributed by atoms with E-state index >= 15 is 0 Å². The Labute approximate surface area is 108 Å². The highest BCUT2D eigenvalue weighted by Gasteiger charge is 2.38. The van der Waals surface area contributed by atoms with Crippen molar-refractivity contribution in [1.29, 1.82) is 0 Å². The molecule has 1 heterocycles. The molecule has 1 aromatic carbocycles. The van der Waals surface area contributed by atoms with Gasteiger partial charge in [-0.2, -0.15) is 0 Å². The first kappa shape index (κ1) is 11.7. The molecule has 2 aliphatic rings. The van der Waals surface area contributed by atoms with Crippen molar-refractivity contribution in [2.24, 2.45) is 5.92 Å². The Balaban J connectivity index is 1.76. The molecule has 0 radical (unpaired) electrons. The van der Waals surface area contributed by atoms with E-state index in [0.29, 0.717) is 5.92 Å². The third kappa shape index (κ3) is 2.15. The van der Waals surface area contributed by atoms with E-state index in [9.17, 15) is 4.79 Å². The molecule has 0 aromatic heterocycles. The molecule has 3 nitrogen and oxygen atoms in total. The van der Waals surface area contributed by atoms with Gasteiger partial charge in [0.15, 0.2) is 0 Å². The Morgan fingerprint density at radius 3 is 2.72 bits per heavy atom. The smallest absolute Gasteiger partial charge is 0.251 e. The van der Waals surface area contributed by atoms with Crippen LogP contribution < -0.4 is 10.6 Å². The minimum atomic E-state index is -0.0751. The maximum atomic E-state index is 12.3. The van der Waals surface area contributed by atoms with Crippen molar-refractivity contribution in [3.8, 4) is 0 Å². The van der Waals surface area contributed by atoms with Crippen molar-refractivity contribution in [1.82, 2.24) is 10.6 Å². The molecule has 0 unspecified atom stereocenters. The van der Waals surface area contributed by atoms with Crippen LogP contribution in [0.2, 0.25) is 0 Å². The zero-order valence-corrected chi connectivity index (χ0v) is 11.0. The summed E-state index contributed by atoms with van der Waals surface area (Å²) in [5.41, 5.74) is 3.28. The second-order valence-corrected chi connectivity index (χ2v) is 6.04. The van der Waals surface area contributed by atoms with Crippen LogP contribution in [0.5, 0.6) is 0 Å². The van der Waals surface area contributed by atoms with Gasteiger partial charge < -0.3 is 10.6 Å². The average Bonchev–Trinajstić information content (AvgIpc) is 3.08. The van der Waals surface area contributed by atoms with Crippen LogP contribution in [0.4, 0.5) is 0 Å². The van der Waals surface area contributed by atoms with Crippen LogP contribution in [0.25, 0.3) is 0 Å². The third-order valence-electron chi connectivity index (χ3n) is 4.13. The Hall–Kier alpha value is -1.35. The summed E-state index contributed by atoms with van der Waals surface area (Å²) in [6.45, 7) is 6.04. The molecule has 0 atom stereocenters. The van der Waals surface area contributed by atoms with Crippen LogP contribution in [-0.4, -0.2) is 11.4 Å². The Morgan fingerprint density at radius 2 is 2.00 bits per heavy atom. The second kappa shape index (κ2) is 4.09. The molecule has 0 saturated heterocycles. The Bertz CT molecular complexity index is 489. The van der Waals surface area contributed by atoms with Gasteiger partial charge in [-0.3, -0.25) is 4.79 Å². The van der Waals surface area contributed by atoms with E-state index in [1.165, 1.54) is 24.0 Å². The lowest BCUT2D eigenvalue weighted by molar-refractivity contribution is 0.0903. The summed E-state index contributed by atoms with van der Waals surface area (Å²) in [6.07, 6.45) is 2.47. The lowest BCUT2D eigenvalue weighted by Crippen LogP contribution is -2.45. The first-order chi connectivity index (χ1) is 8.56. The van der Waals surface area contributed by atoms with Crippen molar-refractivity contribution in [3.05, 3.63) is 34.9 Å². The molecular formula is C15H20N2O. The van der Waals surface area contributed by atoms with Gasteiger partial charge in [0, 0.05) is 24.2 Å². The van der Waals surface area contributed by atoms with Gasteiger partial charge in [-0.1, -0.05) is 6.07 Å². The van der Waals surface area contributed by atoms with Gasteiger partial charge in [0.1, 0.15) is 0 Å². The monoisotopic (exact) mass is 244 g/mol. The van der Waals surface area contributed by atoms with Gasteiger partial charge in [-0.15, -0.1) is 0 Å². The highest BCUT2D eigenvalue weighted by molar-refractivity contribution is 5.95. The fraction of sp³-hybridized carbons (Fsp3) is 0.533. The number of carbonyl (C=O) groups excluding carboxylic acids is 1. The number of benzene rings is 1. The SMILES string of the molecule is CC(C)(NC(=O)c1ccc2c(c1)CNC2)C1CC1. The molecule has 1 aliphatic heterocycles. The zero-order valence-electron chi connectivity index (χ0n) is 11.0. The van der Waals surface area contributed by atoms with Gasteiger partial charge in [0.25, 0.3) is 5.91 Å². The molecule has 1 saturated carbocycles. The number of fused-ring (bicyclic) bond motifs is 1. The maximum Gasteiger partial charge on any atom is 0.251 e. The summed E-state index contributed by atoms with van der Waals surface area (Å²) in [4.78, 5) is 12.3. The van der Waals surface area contributed by atoms with Crippen LogP contribution in [0, 0.1) is 5.92 Å². The number of rotatable bonds is 3. The molecule has 96 valence electrons. The molecule has 1 aromatic rings. The summed E-state index contributed by atoms with van der Waals surface area (Å²) in [6, 6.07) is 6.02. The predicted octanol–water partition coefficient (Wildman–Crippen LogP) is 2.21. The normalized spacial score (nSPS) is 18.6. The standard InChI is InChI=1S/C15H20N2O/c1-15(2,13-5-6-13)17-14(18)10-3-4-11-8-16-9-12(11)7-10/h3-4,7,13,16H,5-6,8-9H2,1-2H3,(H,17,18). The fourth-order valence-corrected chi connectivity index (χ4v) is 2.71. The summed E-state index contributed by atoms with van der Waals surface area (Å²) in [5, 5.41) is 6.46. The molecule has 2 N–H and O–H groups in total. The molecule has 0 spiro atoms. The van der Waals surface area contributed by atoms with E-state index < -0.39 is 0 Å². The first-order valence-corrected chi connectivity index (χ1v) is 6.71. The zero-order chi connectivity index (χ0) is 12.8. The van der Waals surface area contributed by atoms with E-state index in [-0.39, 0.29) is 11.4 Å². The van der Waals surface area contributed by atoms with Crippen molar-refractivity contribution >= 4 is 5.91 Å². The minimum Gasteiger partial charge on any atom is -0.347 e. The molecule has 3 rings (SSSR count). The summed E-state index contributed by atoms with van der Waals surface area (Å²) in [5.74, 6) is 0.708. The topological polar surface area (TPSA) is 41.1 Å². The summed E-state index contributed by atoms with van der Waals surface area (Å²) in [7, 11) is 0. The number of hydrogen-bond donors (Lipinski definition) is 2. The van der Waals surface area contributed by atoms with Crippen LogP contribution >= 0.6 is 0 Å². The van der Waals surface area contributed by atoms with E-state index in [0.717, 1.165) is 18.7 Å². The quantitative estimate of drug-likeness (QED) is 0.856.